The van der Waals surface area contributed by atoms with Crippen molar-refractivity contribution >= 4 is 5.97 Å². The largest absolute Gasteiger partial charge is 0.462 e. The molecule has 1 saturated heterocycles. The number of fused-ring (bicyclic) bond motifs is 3. The van der Waals surface area contributed by atoms with Crippen molar-refractivity contribution < 1.29 is 13.9 Å². The number of hydrogen-bond donors (Lipinski definition) is 0. The lowest BCUT2D eigenvalue weighted by atomic mass is 9.79. The number of benzene rings is 1. The van der Waals surface area contributed by atoms with Gasteiger partial charge in [-0.3, -0.25) is 9.69 Å². The molecule has 0 aliphatic carbocycles. The van der Waals surface area contributed by atoms with Crippen LogP contribution in [0.2, 0.25) is 0 Å². The lowest BCUT2D eigenvalue weighted by molar-refractivity contribution is -0.157. The van der Waals surface area contributed by atoms with Crippen molar-refractivity contribution in [3.05, 3.63) is 46.5 Å². The predicted octanol–water partition coefficient (Wildman–Crippen LogP) is 5.24. The van der Waals surface area contributed by atoms with Crippen LogP contribution in [0.4, 0.5) is 4.39 Å². The molecule has 2 heterocycles. The zero-order valence-electron chi connectivity index (χ0n) is 17.6. The molecule has 28 heavy (non-hydrogen) atoms. The first-order valence-corrected chi connectivity index (χ1v) is 10.7. The van der Waals surface area contributed by atoms with Crippen LogP contribution in [-0.2, 0) is 16.0 Å². The van der Waals surface area contributed by atoms with Gasteiger partial charge in [-0.25, -0.2) is 4.39 Å². The maximum absolute atomic E-state index is 13.1. The molecular formula is C24H34FNO2. The summed E-state index contributed by atoms with van der Waals surface area (Å²) >= 11 is 0. The summed E-state index contributed by atoms with van der Waals surface area (Å²) < 4.78 is 19.0. The summed E-state index contributed by atoms with van der Waals surface area (Å²) in [5, 5.41) is 0. The number of unbranched alkanes of at least 4 members (excludes halogenated alkanes) is 1. The van der Waals surface area contributed by atoms with Gasteiger partial charge in [-0.15, -0.1) is 0 Å². The number of piperidine rings is 1. The van der Waals surface area contributed by atoms with Crippen LogP contribution < -0.4 is 0 Å². The molecule has 0 unspecified atom stereocenters. The highest BCUT2D eigenvalue weighted by atomic mass is 19.1. The third-order valence-electron chi connectivity index (χ3n) is 6.43. The van der Waals surface area contributed by atoms with Gasteiger partial charge >= 0.3 is 5.97 Å². The summed E-state index contributed by atoms with van der Waals surface area (Å²) in [5.74, 6) is 0.00505. The van der Waals surface area contributed by atoms with E-state index in [9.17, 15) is 9.18 Å². The molecule has 1 aromatic rings. The Labute approximate surface area is 168 Å². The Morgan fingerprint density at radius 1 is 1.32 bits per heavy atom. The van der Waals surface area contributed by atoms with E-state index in [1.54, 1.807) is 0 Å². The summed E-state index contributed by atoms with van der Waals surface area (Å²) in [4.78, 5) is 14.8. The molecule has 0 aromatic heterocycles. The molecule has 3 atom stereocenters. The van der Waals surface area contributed by atoms with Crippen molar-refractivity contribution in [1.29, 1.82) is 0 Å². The van der Waals surface area contributed by atoms with Gasteiger partial charge in [0.05, 0.1) is 0 Å². The monoisotopic (exact) mass is 387 g/mol. The average Bonchev–Trinajstić information content (AvgIpc) is 2.68. The molecule has 0 amide bonds. The second kappa shape index (κ2) is 9.21. The van der Waals surface area contributed by atoms with Crippen LogP contribution in [-0.4, -0.2) is 36.7 Å². The topological polar surface area (TPSA) is 29.5 Å². The van der Waals surface area contributed by atoms with Gasteiger partial charge < -0.3 is 4.74 Å². The smallest absolute Gasteiger partial charge is 0.306 e. The Balaban J connectivity index is 1.82. The average molecular weight is 388 g/mol. The summed E-state index contributed by atoms with van der Waals surface area (Å²) in [6.07, 6.45) is 4.55. The summed E-state index contributed by atoms with van der Waals surface area (Å²) in [5.41, 5.74) is 6.05. The van der Waals surface area contributed by atoms with E-state index in [4.69, 9.17) is 4.74 Å². The summed E-state index contributed by atoms with van der Waals surface area (Å²) in [7, 11) is 0. The minimum Gasteiger partial charge on any atom is -0.462 e. The molecule has 2 aliphatic rings. The first-order valence-electron chi connectivity index (χ1n) is 10.7. The quantitative estimate of drug-likeness (QED) is 0.473. The summed E-state index contributed by atoms with van der Waals surface area (Å²) in [6.45, 7) is 11.6. The minimum absolute atomic E-state index is 0.118. The van der Waals surface area contributed by atoms with Crippen LogP contribution in [0.3, 0.4) is 0 Å². The minimum atomic E-state index is -0.502. The van der Waals surface area contributed by atoms with Crippen LogP contribution in [0.15, 0.2) is 24.3 Å². The molecule has 1 fully saturated rings. The molecule has 3 nitrogen and oxygen atoms in total. The number of nitrogens with zero attached hydrogens (tertiary/aromatic N) is 1. The molecule has 0 radical (unpaired) electrons. The number of allylic oxidation sites excluding steroid dienone is 1. The van der Waals surface area contributed by atoms with E-state index < -0.39 is 6.67 Å². The number of carbonyl (C=O) groups is 1. The van der Waals surface area contributed by atoms with Gasteiger partial charge in [-0.05, 0) is 60.9 Å². The number of esters is 1. The second-order valence-corrected chi connectivity index (χ2v) is 8.61. The van der Waals surface area contributed by atoms with Crippen molar-refractivity contribution in [2.45, 2.75) is 71.4 Å². The van der Waals surface area contributed by atoms with E-state index in [0.29, 0.717) is 18.4 Å². The fourth-order valence-electron chi connectivity index (χ4n) is 4.68. The number of aryl methyl sites for hydroxylation is 2. The third kappa shape index (κ3) is 4.65. The number of carbonyl (C=O) groups excluding carboxylic acids is 1. The van der Waals surface area contributed by atoms with E-state index in [1.807, 2.05) is 0 Å². The number of ether oxygens (including phenoxy) is 1. The fraction of sp³-hybridized carbons (Fsp3) is 0.625. The standard InChI is InChI=1S/C24H34FNO2/c1-5-6-7-24(27)28-23-13-22-21-12-18(4)17(3)11-19(21)8-9-26(22)15-20(23)10-16(2)14-25/h11-12,20,22-23H,2,5-10,13-15H2,1,3-4H3/t20-,22-,23-/m1/s1. The van der Waals surface area contributed by atoms with Crippen molar-refractivity contribution in [3.63, 3.8) is 0 Å². The van der Waals surface area contributed by atoms with Gasteiger partial charge in [0.2, 0.25) is 0 Å². The van der Waals surface area contributed by atoms with E-state index in [-0.39, 0.29) is 24.0 Å². The Morgan fingerprint density at radius 3 is 2.79 bits per heavy atom. The molecular weight excluding hydrogens is 353 g/mol. The number of hydrogen-bond acceptors (Lipinski definition) is 3. The van der Waals surface area contributed by atoms with Crippen LogP contribution in [0, 0.1) is 19.8 Å². The molecule has 4 heteroatoms. The molecule has 0 spiro atoms. The highest BCUT2D eigenvalue weighted by Gasteiger charge is 2.40. The van der Waals surface area contributed by atoms with Crippen LogP contribution in [0.1, 0.15) is 67.3 Å². The third-order valence-corrected chi connectivity index (χ3v) is 6.43. The first-order chi connectivity index (χ1) is 13.4. The molecule has 3 rings (SSSR count). The highest BCUT2D eigenvalue weighted by Crippen LogP contribution is 2.41. The Morgan fingerprint density at radius 2 is 2.07 bits per heavy atom. The Bertz CT molecular complexity index is 730. The molecule has 0 N–H and O–H groups in total. The Kier molecular flexibility index (Phi) is 6.92. The Hall–Kier alpha value is -1.68. The van der Waals surface area contributed by atoms with Crippen molar-refractivity contribution in [2.24, 2.45) is 5.92 Å². The fourth-order valence-corrected chi connectivity index (χ4v) is 4.68. The van der Waals surface area contributed by atoms with Gasteiger partial charge in [0.25, 0.3) is 0 Å². The van der Waals surface area contributed by atoms with Crippen molar-refractivity contribution in [1.82, 2.24) is 4.90 Å². The highest BCUT2D eigenvalue weighted by molar-refractivity contribution is 5.69. The molecule has 1 aromatic carbocycles. The normalized spacial score (nSPS) is 24.4. The van der Waals surface area contributed by atoms with Crippen LogP contribution in [0.25, 0.3) is 0 Å². The zero-order chi connectivity index (χ0) is 20.3. The van der Waals surface area contributed by atoms with E-state index >= 15 is 0 Å². The summed E-state index contributed by atoms with van der Waals surface area (Å²) in [6, 6.07) is 4.92. The van der Waals surface area contributed by atoms with Crippen molar-refractivity contribution in [2.75, 3.05) is 19.8 Å². The van der Waals surface area contributed by atoms with Gasteiger partial charge in [0.1, 0.15) is 12.8 Å². The number of alkyl halides is 1. The van der Waals surface area contributed by atoms with E-state index in [1.165, 1.54) is 22.3 Å². The van der Waals surface area contributed by atoms with Crippen molar-refractivity contribution in [3.8, 4) is 0 Å². The molecule has 154 valence electrons. The van der Waals surface area contributed by atoms with Gasteiger partial charge in [0.15, 0.2) is 0 Å². The second-order valence-electron chi connectivity index (χ2n) is 8.61. The zero-order valence-corrected chi connectivity index (χ0v) is 17.6. The van der Waals surface area contributed by atoms with E-state index in [2.05, 4.69) is 44.4 Å². The SMILES string of the molecule is C=C(CF)C[C@@H]1CN2CCc3cc(C)c(C)cc3[C@H]2C[C@H]1OC(=O)CCCC. The maximum Gasteiger partial charge on any atom is 0.306 e. The van der Waals surface area contributed by atoms with Gasteiger partial charge in [-0.2, -0.15) is 0 Å². The molecule has 0 bridgehead atoms. The van der Waals surface area contributed by atoms with Gasteiger partial charge in [-0.1, -0.05) is 32.1 Å². The predicted molar refractivity (Wildman–Crippen MR) is 111 cm³/mol. The maximum atomic E-state index is 13.1. The lowest BCUT2D eigenvalue weighted by Crippen LogP contribution is -2.49. The van der Waals surface area contributed by atoms with Crippen LogP contribution in [0.5, 0.6) is 0 Å². The van der Waals surface area contributed by atoms with E-state index in [0.717, 1.165) is 38.8 Å². The lowest BCUT2D eigenvalue weighted by Gasteiger charge is -2.47. The molecule has 2 aliphatic heterocycles. The first kappa shape index (κ1) is 21.0. The van der Waals surface area contributed by atoms with Gasteiger partial charge in [0, 0.05) is 37.9 Å². The molecule has 0 saturated carbocycles. The number of rotatable bonds is 7. The number of halogens is 1. The van der Waals surface area contributed by atoms with Crippen LogP contribution >= 0.6 is 0 Å².